The predicted octanol–water partition coefficient (Wildman–Crippen LogP) is 2.54. The first-order valence-electron chi connectivity index (χ1n) is 5.97. The van der Waals surface area contributed by atoms with E-state index in [1.165, 1.54) is 12.8 Å². The monoisotopic (exact) mass is 230 g/mol. The fourth-order valence-corrected chi connectivity index (χ4v) is 3.40. The fourth-order valence-electron chi connectivity index (χ4n) is 1.96. The molecule has 1 fully saturated rings. The standard InChI is InChI=1S/C12H22O2S/c1-10(2)7-8-15(14)9-12(13)11-5-3-4-6-11/h10-11H,3-9H2,1-2H3. The maximum Gasteiger partial charge on any atom is 0.148 e. The van der Waals surface area contributed by atoms with Gasteiger partial charge in [-0.05, 0) is 25.2 Å². The van der Waals surface area contributed by atoms with Crippen molar-refractivity contribution < 1.29 is 9.00 Å². The Morgan fingerprint density at radius 2 is 1.93 bits per heavy atom. The number of hydrogen-bond donors (Lipinski definition) is 0. The Morgan fingerprint density at radius 1 is 1.33 bits per heavy atom. The summed E-state index contributed by atoms with van der Waals surface area (Å²) in [6.07, 6.45) is 5.37. The molecule has 0 N–H and O–H groups in total. The first-order chi connectivity index (χ1) is 7.09. The zero-order chi connectivity index (χ0) is 11.3. The summed E-state index contributed by atoms with van der Waals surface area (Å²) in [6, 6.07) is 0. The van der Waals surface area contributed by atoms with Gasteiger partial charge in [0, 0.05) is 22.5 Å². The Bertz CT molecular complexity index is 230. The molecule has 0 spiro atoms. The van der Waals surface area contributed by atoms with Gasteiger partial charge < -0.3 is 0 Å². The highest BCUT2D eigenvalue weighted by Gasteiger charge is 2.23. The van der Waals surface area contributed by atoms with Crippen molar-refractivity contribution in [2.45, 2.75) is 46.0 Å². The van der Waals surface area contributed by atoms with E-state index in [4.69, 9.17) is 0 Å². The number of Topliss-reactive ketones (excluding diaryl/α,β-unsaturated/α-hetero) is 1. The highest BCUT2D eigenvalue weighted by atomic mass is 32.2. The molecule has 1 saturated carbocycles. The van der Waals surface area contributed by atoms with Gasteiger partial charge in [-0.25, -0.2) is 0 Å². The Labute approximate surface area is 95.3 Å². The third-order valence-corrected chi connectivity index (χ3v) is 4.33. The van der Waals surface area contributed by atoms with Gasteiger partial charge in [-0.2, -0.15) is 0 Å². The molecule has 1 aliphatic rings. The van der Waals surface area contributed by atoms with Crippen LogP contribution in [0.4, 0.5) is 0 Å². The Kier molecular flexibility index (Phi) is 5.51. The Morgan fingerprint density at radius 3 is 2.47 bits per heavy atom. The van der Waals surface area contributed by atoms with Gasteiger partial charge in [-0.3, -0.25) is 9.00 Å². The summed E-state index contributed by atoms with van der Waals surface area (Å²) in [7, 11) is -0.916. The molecule has 0 heterocycles. The third-order valence-electron chi connectivity index (χ3n) is 3.04. The van der Waals surface area contributed by atoms with Crippen LogP contribution in [-0.4, -0.2) is 21.5 Å². The summed E-state index contributed by atoms with van der Waals surface area (Å²) < 4.78 is 11.6. The van der Waals surface area contributed by atoms with Gasteiger partial charge in [0.2, 0.25) is 0 Å². The van der Waals surface area contributed by atoms with Gasteiger partial charge in [0.1, 0.15) is 5.78 Å². The molecule has 15 heavy (non-hydrogen) atoms. The number of rotatable bonds is 6. The number of ketones is 1. The molecule has 0 aliphatic heterocycles. The van der Waals surface area contributed by atoms with Crippen LogP contribution in [0.25, 0.3) is 0 Å². The lowest BCUT2D eigenvalue weighted by molar-refractivity contribution is -0.120. The van der Waals surface area contributed by atoms with E-state index in [0.717, 1.165) is 19.3 Å². The van der Waals surface area contributed by atoms with Crippen LogP contribution < -0.4 is 0 Å². The van der Waals surface area contributed by atoms with Crippen molar-refractivity contribution in [1.82, 2.24) is 0 Å². The summed E-state index contributed by atoms with van der Waals surface area (Å²) in [5, 5.41) is 0. The van der Waals surface area contributed by atoms with Crippen LogP contribution >= 0.6 is 0 Å². The molecule has 1 rings (SSSR count). The maximum atomic E-state index is 11.7. The third kappa shape index (κ3) is 4.92. The highest BCUT2D eigenvalue weighted by Crippen LogP contribution is 2.25. The van der Waals surface area contributed by atoms with E-state index in [1.807, 2.05) is 0 Å². The lowest BCUT2D eigenvalue weighted by atomic mass is 10.0. The van der Waals surface area contributed by atoms with Gasteiger partial charge >= 0.3 is 0 Å². The van der Waals surface area contributed by atoms with Crippen LogP contribution in [0.3, 0.4) is 0 Å². The molecule has 88 valence electrons. The molecular weight excluding hydrogens is 208 g/mol. The largest absolute Gasteiger partial charge is 0.298 e. The average molecular weight is 230 g/mol. The molecule has 3 heteroatoms. The van der Waals surface area contributed by atoms with Gasteiger partial charge in [0.25, 0.3) is 0 Å². The van der Waals surface area contributed by atoms with Crippen LogP contribution in [0.1, 0.15) is 46.0 Å². The van der Waals surface area contributed by atoms with E-state index in [9.17, 15) is 9.00 Å². The summed E-state index contributed by atoms with van der Waals surface area (Å²) in [5.74, 6) is 2.05. The number of hydrogen-bond acceptors (Lipinski definition) is 2. The van der Waals surface area contributed by atoms with Gasteiger partial charge in [-0.15, -0.1) is 0 Å². The normalized spacial score (nSPS) is 19.7. The molecule has 0 aromatic rings. The molecule has 0 radical (unpaired) electrons. The smallest absolute Gasteiger partial charge is 0.148 e. The average Bonchev–Trinajstić information content (AvgIpc) is 2.67. The second-order valence-electron chi connectivity index (χ2n) is 4.92. The van der Waals surface area contributed by atoms with Crippen molar-refractivity contribution in [3.8, 4) is 0 Å². The van der Waals surface area contributed by atoms with Crippen LogP contribution in [0.5, 0.6) is 0 Å². The van der Waals surface area contributed by atoms with Crippen LogP contribution in [0, 0.1) is 11.8 Å². The molecule has 1 atom stereocenters. The second-order valence-corrected chi connectivity index (χ2v) is 6.50. The van der Waals surface area contributed by atoms with Crippen molar-refractivity contribution in [3.63, 3.8) is 0 Å². The summed E-state index contributed by atoms with van der Waals surface area (Å²) >= 11 is 0. The molecule has 0 aromatic heterocycles. The summed E-state index contributed by atoms with van der Waals surface area (Å²) in [5.41, 5.74) is 0. The minimum atomic E-state index is -0.916. The minimum Gasteiger partial charge on any atom is -0.298 e. The van der Waals surface area contributed by atoms with E-state index >= 15 is 0 Å². The lowest BCUT2D eigenvalue weighted by Crippen LogP contribution is -2.20. The second kappa shape index (κ2) is 6.41. The minimum absolute atomic E-state index is 0.230. The SMILES string of the molecule is CC(C)CCS(=O)CC(=O)C1CCCC1. The van der Waals surface area contributed by atoms with Crippen LogP contribution in [0.2, 0.25) is 0 Å². The van der Waals surface area contributed by atoms with E-state index in [1.54, 1.807) is 0 Å². The number of carbonyl (C=O) groups excluding carboxylic acids is 1. The molecule has 0 saturated heterocycles. The fraction of sp³-hybridized carbons (Fsp3) is 0.917. The van der Waals surface area contributed by atoms with Gasteiger partial charge in [-0.1, -0.05) is 26.7 Å². The zero-order valence-electron chi connectivity index (χ0n) is 9.83. The molecule has 1 unspecified atom stereocenters. The highest BCUT2D eigenvalue weighted by molar-refractivity contribution is 7.85. The topological polar surface area (TPSA) is 34.1 Å². The Hall–Kier alpha value is -0.180. The first kappa shape index (κ1) is 12.9. The van der Waals surface area contributed by atoms with E-state index in [2.05, 4.69) is 13.8 Å². The van der Waals surface area contributed by atoms with E-state index < -0.39 is 10.8 Å². The zero-order valence-corrected chi connectivity index (χ0v) is 10.6. The van der Waals surface area contributed by atoms with E-state index in [0.29, 0.717) is 17.4 Å². The molecule has 0 aromatic carbocycles. The van der Waals surface area contributed by atoms with Crippen molar-refractivity contribution in [1.29, 1.82) is 0 Å². The molecule has 0 bridgehead atoms. The molecule has 0 amide bonds. The molecule has 2 nitrogen and oxygen atoms in total. The Balaban J connectivity index is 2.21. The first-order valence-corrected chi connectivity index (χ1v) is 7.46. The van der Waals surface area contributed by atoms with Gasteiger partial charge in [0.15, 0.2) is 0 Å². The summed E-state index contributed by atoms with van der Waals surface area (Å²) in [4.78, 5) is 11.7. The van der Waals surface area contributed by atoms with E-state index in [-0.39, 0.29) is 11.7 Å². The van der Waals surface area contributed by atoms with Gasteiger partial charge in [0.05, 0.1) is 5.75 Å². The van der Waals surface area contributed by atoms with Crippen molar-refractivity contribution in [3.05, 3.63) is 0 Å². The maximum absolute atomic E-state index is 11.7. The summed E-state index contributed by atoms with van der Waals surface area (Å²) in [6.45, 7) is 4.24. The van der Waals surface area contributed by atoms with Crippen molar-refractivity contribution >= 4 is 16.6 Å². The van der Waals surface area contributed by atoms with Crippen molar-refractivity contribution in [2.24, 2.45) is 11.8 Å². The van der Waals surface area contributed by atoms with Crippen LogP contribution in [0.15, 0.2) is 0 Å². The van der Waals surface area contributed by atoms with Crippen LogP contribution in [-0.2, 0) is 15.6 Å². The number of carbonyl (C=O) groups is 1. The quantitative estimate of drug-likeness (QED) is 0.702. The lowest BCUT2D eigenvalue weighted by Gasteiger charge is -2.08. The van der Waals surface area contributed by atoms with Crippen molar-refractivity contribution in [2.75, 3.05) is 11.5 Å². The molecule has 1 aliphatic carbocycles. The predicted molar refractivity (Wildman–Crippen MR) is 64.3 cm³/mol. The molecular formula is C12H22O2S.